The summed E-state index contributed by atoms with van der Waals surface area (Å²) in [5, 5.41) is 3.51. The van der Waals surface area contributed by atoms with Crippen molar-refractivity contribution < 1.29 is 0 Å². The van der Waals surface area contributed by atoms with E-state index in [1.165, 1.54) is 17.9 Å². The predicted octanol–water partition coefficient (Wildman–Crippen LogP) is 1.95. The van der Waals surface area contributed by atoms with Crippen molar-refractivity contribution in [2.45, 2.75) is 32.9 Å². The Balaban J connectivity index is 2.31. The van der Waals surface area contributed by atoms with Crippen LogP contribution in [0.5, 0.6) is 0 Å². The largest absolute Gasteiger partial charge is 0.345 e. The average molecular weight is 213 g/mol. The van der Waals surface area contributed by atoms with Crippen molar-refractivity contribution in [2.24, 2.45) is 0 Å². The van der Waals surface area contributed by atoms with Crippen molar-refractivity contribution in [3.8, 4) is 0 Å². The lowest BCUT2D eigenvalue weighted by Gasteiger charge is -2.14. The number of aromatic nitrogens is 2. The first-order chi connectivity index (χ1) is 6.76. The Morgan fingerprint density at radius 3 is 2.93 bits per heavy atom. The molecule has 4 heteroatoms. The number of thioether (sulfide) groups is 1. The molecule has 3 nitrogen and oxygen atoms in total. The number of imidazole rings is 1. The first-order valence-corrected chi connectivity index (χ1v) is 6.38. The molecule has 1 aromatic rings. The molecule has 0 radical (unpaired) electrons. The van der Waals surface area contributed by atoms with Gasteiger partial charge in [0, 0.05) is 30.2 Å². The number of hydrogen-bond donors (Lipinski definition) is 2. The summed E-state index contributed by atoms with van der Waals surface area (Å²) in [6.45, 7) is 5.08. The highest BCUT2D eigenvalue weighted by Gasteiger charge is 2.04. The Labute approximate surface area is 90.1 Å². The minimum atomic E-state index is 0.605. The second-order valence-corrected chi connectivity index (χ2v) is 4.35. The van der Waals surface area contributed by atoms with Gasteiger partial charge in [-0.25, -0.2) is 4.98 Å². The SMILES string of the molecule is CCC(CSC)NCc1cnc(C)[nH]1. The first-order valence-electron chi connectivity index (χ1n) is 4.99. The Morgan fingerprint density at radius 1 is 1.64 bits per heavy atom. The normalized spacial score (nSPS) is 13.1. The maximum absolute atomic E-state index is 4.17. The molecule has 0 aliphatic carbocycles. The number of nitrogens with one attached hydrogen (secondary N) is 2. The van der Waals surface area contributed by atoms with E-state index in [1.807, 2.05) is 24.9 Å². The summed E-state index contributed by atoms with van der Waals surface area (Å²) < 4.78 is 0. The van der Waals surface area contributed by atoms with Crippen molar-refractivity contribution in [1.82, 2.24) is 15.3 Å². The van der Waals surface area contributed by atoms with Crippen LogP contribution in [0.25, 0.3) is 0 Å². The summed E-state index contributed by atoms with van der Waals surface area (Å²) in [6, 6.07) is 0.605. The first kappa shape index (κ1) is 11.6. The number of aromatic amines is 1. The van der Waals surface area contributed by atoms with Gasteiger partial charge in [0.2, 0.25) is 0 Å². The van der Waals surface area contributed by atoms with Crippen LogP contribution in [-0.2, 0) is 6.54 Å². The molecule has 0 aromatic carbocycles. The Morgan fingerprint density at radius 2 is 2.43 bits per heavy atom. The Kier molecular flexibility index (Phi) is 5.04. The molecule has 80 valence electrons. The molecule has 0 saturated heterocycles. The Hall–Kier alpha value is -0.480. The smallest absolute Gasteiger partial charge is 0.103 e. The van der Waals surface area contributed by atoms with Gasteiger partial charge in [-0.3, -0.25) is 0 Å². The number of hydrogen-bond acceptors (Lipinski definition) is 3. The predicted molar refractivity (Wildman–Crippen MR) is 62.6 cm³/mol. The van der Waals surface area contributed by atoms with Crippen LogP contribution in [0.1, 0.15) is 24.9 Å². The third-order valence-corrected chi connectivity index (χ3v) is 2.93. The molecule has 1 atom stereocenters. The molecule has 0 aliphatic rings. The van der Waals surface area contributed by atoms with Crippen molar-refractivity contribution in [3.05, 3.63) is 17.7 Å². The second-order valence-electron chi connectivity index (χ2n) is 3.44. The van der Waals surface area contributed by atoms with Gasteiger partial charge in [-0.15, -0.1) is 0 Å². The van der Waals surface area contributed by atoms with Gasteiger partial charge in [0.05, 0.1) is 0 Å². The highest BCUT2D eigenvalue weighted by Crippen LogP contribution is 2.02. The van der Waals surface area contributed by atoms with Crippen molar-refractivity contribution in [1.29, 1.82) is 0 Å². The molecule has 0 fully saturated rings. The van der Waals surface area contributed by atoms with E-state index in [0.717, 1.165) is 12.4 Å². The van der Waals surface area contributed by atoms with E-state index in [9.17, 15) is 0 Å². The second kappa shape index (κ2) is 6.09. The lowest BCUT2D eigenvalue weighted by Crippen LogP contribution is -2.30. The summed E-state index contributed by atoms with van der Waals surface area (Å²) >= 11 is 1.89. The highest BCUT2D eigenvalue weighted by atomic mass is 32.2. The molecule has 0 amide bonds. The van der Waals surface area contributed by atoms with Gasteiger partial charge in [-0.05, 0) is 19.6 Å². The molecule has 14 heavy (non-hydrogen) atoms. The number of H-pyrrole nitrogens is 1. The number of nitrogens with zero attached hydrogens (tertiary/aromatic N) is 1. The zero-order valence-corrected chi connectivity index (χ0v) is 9.95. The summed E-state index contributed by atoms with van der Waals surface area (Å²) in [6.07, 6.45) is 5.22. The molecule has 1 rings (SSSR count). The fourth-order valence-corrected chi connectivity index (χ4v) is 2.09. The molecule has 0 saturated carbocycles. The molecule has 1 heterocycles. The highest BCUT2D eigenvalue weighted by molar-refractivity contribution is 7.98. The van der Waals surface area contributed by atoms with E-state index in [-0.39, 0.29) is 0 Å². The molecule has 1 aromatic heterocycles. The van der Waals surface area contributed by atoms with Crippen molar-refractivity contribution in [3.63, 3.8) is 0 Å². The van der Waals surface area contributed by atoms with E-state index >= 15 is 0 Å². The third-order valence-electron chi connectivity index (χ3n) is 2.20. The summed E-state index contributed by atoms with van der Waals surface area (Å²) in [5.41, 5.74) is 1.17. The van der Waals surface area contributed by atoms with Crippen LogP contribution in [0.2, 0.25) is 0 Å². The molecular formula is C10H19N3S. The van der Waals surface area contributed by atoms with Crippen LogP contribution in [0.15, 0.2) is 6.20 Å². The van der Waals surface area contributed by atoms with Crippen LogP contribution in [0.4, 0.5) is 0 Å². The standard InChI is InChI=1S/C10H19N3S/c1-4-9(7-14-3)12-6-10-5-11-8(2)13-10/h5,9,12H,4,6-7H2,1-3H3,(H,11,13). The van der Waals surface area contributed by atoms with Gasteiger partial charge in [-0.1, -0.05) is 6.92 Å². The third kappa shape index (κ3) is 3.72. The maximum Gasteiger partial charge on any atom is 0.103 e. The van der Waals surface area contributed by atoms with Crippen LogP contribution in [0.3, 0.4) is 0 Å². The molecule has 0 bridgehead atoms. The number of aryl methyl sites for hydroxylation is 1. The lowest BCUT2D eigenvalue weighted by molar-refractivity contribution is 0.537. The fraction of sp³-hybridized carbons (Fsp3) is 0.700. The zero-order valence-electron chi connectivity index (χ0n) is 9.13. The van der Waals surface area contributed by atoms with E-state index < -0.39 is 0 Å². The number of rotatable bonds is 6. The van der Waals surface area contributed by atoms with E-state index in [1.54, 1.807) is 0 Å². The molecule has 2 N–H and O–H groups in total. The van der Waals surface area contributed by atoms with Gasteiger partial charge in [0.1, 0.15) is 5.82 Å². The van der Waals surface area contributed by atoms with Gasteiger partial charge in [0.25, 0.3) is 0 Å². The Bertz CT molecular complexity index is 260. The van der Waals surface area contributed by atoms with Gasteiger partial charge < -0.3 is 10.3 Å². The average Bonchev–Trinajstić information content (AvgIpc) is 2.59. The summed E-state index contributed by atoms with van der Waals surface area (Å²) in [7, 11) is 0. The zero-order chi connectivity index (χ0) is 10.4. The van der Waals surface area contributed by atoms with Gasteiger partial charge in [0.15, 0.2) is 0 Å². The quantitative estimate of drug-likeness (QED) is 0.759. The van der Waals surface area contributed by atoms with E-state index in [0.29, 0.717) is 6.04 Å². The molecule has 0 spiro atoms. The minimum absolute atomic E-state index is 0.605. The van der Waals surface area contributed by atoms with Crippen molar-refractivity contribution >= 4 is 11.8 Å². The van der Waals surface area contributed by atoms with Crippen LogP contribution in [0, 0.1) is 6.92 Å². The van der Waals surface area contributed by atoms with Gasteiger partial charge >= 0.3 is 0 Å². The maximum atomic E-state index is 4.17. The van der Waals surface area contributed by atoms with Gasteiger partial charge in [-0.2, -0.15) is 11.8 Å². The van der Waals surface area contributed by atoms with Crippen LogP contribution in [-0.4, -0.2) is 28.0 Å². The van der Waals surface area contributed by atoms with E-state index in [2.05, 4.69) is 28.5 Å². The van der Waals surface area contributed by atoms with Crippen molar-refractivity contribution in [2.75, 3.05) is 12.0 Å². The molecule has 0 aliphatic heterocycles. The van der Waals surface area contributed by atoms with E-state index in [4.69, 9.17) is 0 Å². The molecular weight excluding hydrogens is 194 g/mol. The molecule has 1 unspecified atom stereocenters. The monoisotopic (exact) mass is 213 g/mol. The summed E-state index contributed by atoms with van der Waals surface area (Å²) in [4.78, 5) is 7.38. The van der Waals surface area contributed by atoms with Crippen LogP contribution < -0.4 is 5.32 Å². The van der Waals surface area contributed by atoms with Crippen LogP contribution >= 0.6 is 11.8 Å². The fourth-order valence-electron chi connectivity index (χ4n) is 1.34. The minimum Gasteiger partial charge on any atom is -0.345 e. The topological polar surface area (TPSA) is 40.7 Å². The lowest BCUT2D eigenvalue weighted by atomic mass is 10.2. The summed E-state index contributed by atoms with van der Waals surface area (Å²) in [5.74, 6) is 2.16.